The number of hydrogen-bond donors (Lipinski definition) is 2. The molecule has 8 nitrogen and oxygen atoms in total. The molecule has 8 heteroatoms. The number of carbonyl (C=O) groups is 4. The number of nitrogens with zero attached hydrogens (tertiary/aromatic N) is 2. The van der Waals surface area contributed by atoms with Gasteiger partial charge < -0.3 is 15.3 Å². The SMILES string of the molecule is O=C(CCN1C(=O)[C@@H]2Cc3ccccc3CN2C1=O)NCC1CCC(C(=O)O)CC1. The van der Waals surface area contributed by atoms with Gasteiger partial charge in [0, 0.05) is 32.5 Å². The van der Waals surface area contributed by atoms with Crippen molar-refractivity contribution < 1.29 is 24.3 Å². The molecule has 0 bridgehead atoms. The highest BCUT2D eigenvalue weighted by Crippen LogP contribution is 2.30. The maximum Gasteiger partial charge on any atom is 0.327 e. The molecule has 0 spiro atoms. The zero-order valence-corrected chi connectivity index (χ0v) is 16.9. The van der Waals surface area contributed by atoms with Crippen LogP contribution in [-0.2, 0) is 27.3 Å². The van der Waals surface area contributed by atoms with E-state index in [9.17, 15) is 19.2 Å². The van der Waals surface area contributed by atoms with E-state index in [1.165, 1.54) is 4.90 Å². The fourth-order valence-electron chi connectivity index (χ4n) is 4.75. The summed E-state index contributed by atoms with van der Waals surface area (Å²) in [5.74, 6) is -1.14. The molecule has 1 saturated carbocycles. The van der Waals surface area contributed by atoms with Crippen LogP contribution in [0.15, 0.2) is 24.3 Å². The summed E-state index contributed by atoms with van der Waals surface area (Å²) in [4.78, 5) is 51.5. The van der Waals surface area contributed by atoms with E-state index in [-0.39, 0.29) is 42.6 Å². The van der Waals surface area contributed by atoms with E-state index in [0.29, 0.717) is 32.4 Å². The number of urea groups is 1. The van der Waals surface area contributed by atoms with Crippen LogP contribution in [0.3, 0.4) is 0 Å². The normalized spacial score (nSPS) is 25.7. The lowest BCUT2D eigenvalue weighted by atomic mass is 9.82. The molecular formula is C22H27N3O5. The van der Waals surface area contributed by atoms with Gasteiger partial charge in [0.15, 0.2) is 0 Å². The number of fused-ring (bicyclic) bond motifs is 2. The molecule has 4 amide bonds. The van der Waals surface area contributed by atoms with Crippen LogP contribution in [0.4, 0.5) is 4.79 Å². The Morgan fingerprint density at radius 2 is 1.77 bits per heavy atom. The Morgan fingerprint density at radius 3 is 2.47 bits per heavy atom. The van der Waals surface area contributed by atoms with Crippen LogP contribution < -0.4 is 5.32 Å². The Labute approximate surface area is 175 Å². The van der Waals surface area contributed by atoms with Gasteiger partial charge in [0.25, 0.3) is 5.91 Å². The summed E-state index contributed by atoms with van der Waals surface area (Å²) in [5.41, 5.74) is 2.16. The molecule has 2 heterocycles. The van der Waals surface area contributed by atoms with Crippen molar-refractivity contribution in [3.63, 3.8) is 0 Å². The lowest BCUT2D eigenvalue weighted by molar-refractivity contribution is -0.143. The van der Waals surface area contributed by atoms with Gasteiger partial charge in [-0.05, 0) is 42.7 Å². The number of hydrogen-bond acceptors (Lipinski definition) is 4. The molecule has 2 fully saturated rings. The topological polar surface area (TPSA) is 107 Å². The number of carbonyl (C=O) groups excluding carboxylic acids is 3. The largest absolute Gasteiger partial charge is 0.481 e. The first-order valence-corrected chi connectivity index (χ1v) is 10.6. The monoisotopic (exact) mass is 413 g/mol. The first-order chi connectivity index (χ1) is 14.4. The van der Waals surface area contributed by atoms with Crippen LogP contribution >= 0.6 is 0 Å². The number of imide groups is 1. The molecule has 1 aromatic rings. The maximum absolute atomic E-state index is 12.7. The van der Waals surface area contributed by atoms with E-state index in [1.807, 2.05) is 24.3 Å². The van der Waals surface area contributed by atoms with Gasteiger partial charge in [-0.25, -0.2) is 4.79 Å². The standard InChI is InChI=1S/C22H27N3O5/c26-19(23-12-14-5-7-15(8-6-14)21(28)29)9-10-24-20(27)18-11-16-3-1-2-4-17(16)13-25(18)22(24)30/h1-4,14-15,18H,5-13H2,(H,23,26)(H,28,29)/t14?,15?,18-/m0/s1. The molecule has 0 unspecified atom stereocenters. The van der Waals surface area contributed by atoms with Gasteiger partial charge >= 0.3 is 12.0 Å². The first-order valence-electron chi connectivity index (χ1n) is 10.6. The summed E-state index contributed by atoms with van der Waals surface area (Å²) >= 11 is 0. The van der Waals surface area contributed by atoms with Crippen molar-refractivity contribution in [2.24, 2.45) is 11.8 Å². The van der Waals surface area contributed by atoms with E-state index in [2.05, 4.69) is 5.32 Å². The maximum atomic E-state index is 12.7. The minimum absolute atomic E-state index is 0.0788. The van der Waals surface area contributed by atoms with Crippen LogP contribution in [0, 0.1) is 11.8 Å². The van der Waals surface area contributed by atoms with Crippen molar-refractivity contribution in [3.05, 3.63) is 35.4 Å². The Morgan fingerprint density at radius 1 is 1.07 bits per heavy atom. The molecule has 1 atom stereocenters. The number of aliphatic carboxylic acids is 1. The van der Waals surface area contributed by atoms with Crippen LogP contribution in [0.1, 0.15) is 43.2 Å². The van der Waals surface area contributed by atoms with Crippen LogP contribution in [0.5, 0.6) is 0 Å². The first kappa shape index (κ1) is 20.4. The average molecular weight is 413 g/mol. The van der Waals surface area contributed by atoms with E-state index >= 15 is 0 Å². The Kier molecular flexibility index (Phi) is 5.74. The zero-order valence-electron chi connectivity index (χ0n) is 16.9. The predicted octanol–water partition coefficient (Wildman–Crippen LogP) is 1.77. The number of rotatable bonds is 6. The summed E-state index contributed by atoms with van der Waals surface area (Å²) in [6.45, 7) is 1.02. The van der Waals surface area contributed by atoms with Crippen molar-refractivity contribution in [2.75, 3.05) is 13.1 Å². The number of nitrogens with one attached hydrogen (secondary N) is 1. The van der Waals surface area contributed by atoms with Crippen molar-refractivity contribution in [1.29, 1.82) is 0 Å². The van der Waals surface area contributed by atoms with Gasteiger partial charge in [-0.3, -0.25) is 19.3 Å². The zero-order chi connectivity index (χ0) is 21.3. The molecule has 0 radical (unpaired) electrons. The molecule has 30 heavy (non-hydrogen) atoms. The fourth-order valence-corrected chi connectivity index (χ4v) is 4.75. The average Bonchev–Trinajstić information content (AvgIpc) is 2.98. The molecule has 1 aromatic carbocycles. The van der Waals surface area contributed by atoms with Gasteiger partial charge in [-0.15, -0.1) is 0 Å². The van der Waals surface area contributed by atoms with Gasteiger partial charge in [0.05, 0.1) is 5.92 Å². The van der Waals surface area contributed by atoms with E-state index in [4.69, 9.17) is 5.11 Å². The summed E-state index contributed by atoms with van der Waals surface area (Å²) in [6, 6.07) is 7.04. The third kappa shape index (κ3) is 4.04. The predicted molar refractivity (Wildman–Crippen MR) is 107 cm³/mol. The quantitative estimate of drug-likeness (QED) is 0.692. The second-order valence-corrected chi connectivity index (χ2v) is 8.50. The van der Waals surface area contributed by atoms with Crippen LogP contribution in [0.2, 0.25) is 0 Å². The minimum atomic E-state index is -0.739. The van der Waals surface area contributed by atoms with Crippen molar-refractivity contribution in [1.82, 2.24) is 15.1 Å². The highest BCUT2D eigenvalue weighted by molar-refractivity contribution is 6.04. The summed E-state index contributed by atoms with van der Waals surface area (Å²) in [6.07, 6.45) is 3.46. The highest BCUT2D eigenvalue weighted by Gasteiger charge is 2.46. The molecular weight excluding hydrogens is 386 g/mol. The second kappa shape index (κ2) is 8.45. The van der Waals surface area contributed by atoms with Gasteiger partial charge in [0.2, 0.25) is 5.91 Å². The smallest absolute Gasteiger partial charge is 0.327 e. The lowest BCUT2D eigenvalue weighted by Gasteiger charge is -2.28. The van der Waals surface area contributed by atoms with E-state index in [1.54, 1.807) is 4.90 Å². The molecule has 1 saturated heterocycles. The summed E-state index contributed by atoms with van der Waals surface area (Å²) in [5, 5.41) is 11.9. The molecule has 2 aliphatic heterocycles. The van der Waals surface area contributed by atoms with Crippen molar-refractivity contribution >= 4 is 23.8 Å². The number of benzene rings is 1. The fraction of sp³-hybridized carbons (Fsp3) is 0.545. The molecule has 3 aliphatic rings. The summed E-state index contributed by atoms with van der Waals surface area (Å²) < 4.78 is 0. The number of amides is 4. The van der Waals surface area contributed by atoms with E-state index < -0.39 is 12.0 Å². The van der Waals surface area contributed by atoms with Gasteiger partial charge in [-0.2, -0.15) is 0 Å². The number of carboxylic acids is 1. The van der Waals surface area contributed by atoms with Crippen LogP contribution in [-0.4, -0.2) is 57.9 Å². The van der Waals surface area contributed by atoms with Gasteiger partial charge in [-0.1, -0.05) is 24.3 Å². The molecule has 160 valence electrons. The van der Waals surface area contributed by atoms with Crippen molar-refractivity contribution in [2.45, 2.75) is 51.1 Å². The third-order valence-corrected chi connectivity index (χ3v) is 6.62. The Bertz CT molecular complexity index is 819. The third-order valence-electron chi connectivity index (χ3n) is 6.62. The van der Waals surface area contributed by atoms with Crippen LogP contribution in [0.25, 0.3) is 0 Å². The summed E-state index contributed by atoms with van der Waals surface area (Å²) in [7, 11) is 0. The minimum Gasteiger partial charge on any atom is -0.481 e. The lowest BCUT2D eigenvalue weighted by Crippen LogP contribution is -2.40. The molecule has 1 aliphatic carbocycles. The second-order valence-electron chi connectivity index (χ2n) is 8.50. The number of carboxylic acid groups (broad SMARTS) is 1. The Hall–Kier alpha value is -2.90. The molecule has 2 N–H and O–H groups in total. The van der Waals surface area contributed by atoms with Crippen molar-refractivity contribution in [3.8, 4) is 0 Å². The van der Waals surface area contributed by atoms with E-state index in [0.717, 1.165) is 24.0 Å². The Balaban J connectivity index is 1.24. The molecule has 0 aromatic heterocycles. The highest BCUT2D eigenvalue weighted by atomic mass is 16.4. The molecule has 4 rings (SSSR count). The van der Waals surface area contributed by atoms with Gasteiger partial charge in [0.1, 0.15) is 6.04 Å².